The van der Waals surface area contributed by atoms with Crippen molar-refractivity contribution >= 4 is 18.1 Å². The zero-order valence-electron chi connectivity index (χ0n) is 12.1. The summed E-state index contributed by atoms with van der Waals surface area (Å²) in [6.07, 6.45) is 1.71. The number of benzene rings is 1. The summed E-state index contributed by atoms with van der Waals surface area (Å²) in [7, 11) is 1.74. The molecule has 0 spiro atoms. The van der Waals surface area contributed by atoms with E-state index in [2.05, 4.69) is 4.98 Å². The van der Waals surface area contributed by atoms with Gasteiger partial charge in [0.05, 0.1) is 12.1 Å². The van der Waals surface area contributed by atoms with E-state index in [0.29, 0.717) is 23.4 Å². The van der Waals surface area contributed by atoms with Crippen LogP contribution in [0.15, 0.2) is 42.6 Å². The number of carbonyl (C=O) groups excluding carboxylic acids is 1. The molecule has 1 N–H and O–H groups in total. The van der Waals surface area contributed by atoms with E-state index in [1.807, 2.05) is 31.2 Å². The summed E-state index contributed by atoms with van der Waals surface area (Å²) in [5.74, 6) is 0.697. The summed E-state index contributed by atoms with van der Waals surface area (Å²) in [5.41, 5.74) is 1.69. The number of pyridine rings is 1. The Kier molecular flexibility index (Phi) is 5.11. The number of H-pyrrole nitrogens is 1. The quantitative estimate of drug-likeness (QED) is 0.863. The molecule has 0 radical (unpaired) electrons. The van der Waals surface area contributed by atoms with Crippen LogP contribution in [0.25, 0.3) is 0 Å². The molecule has 0 bridgehead atoms. The molecule has 0 fully saturated rings. The van der Waals surface area contributed by atoms with Gasteiger partial charge in [-0.05, 0) is 31.2 Å². The summed E-state index contributed by atoms with van der Waals surface area (Å²) >= 11 is 5.11. The van der Waals surface area contributed by atoms with Crippen molar-refractivity contribution in [1.82, 2.24) is 9.88 Å². The van der Waals surface area contributed by atoms with Crippen LogP contribution in [-0.4, -0.2) is 36.0 Å². The summed E-state index contributed by atoms with van der Waals surface area (Å²) in [6.45, 7) is 2.96. The number of ether oxygens (including phenoxy) is 1. The molecule has 2 rings (SSSR count). The molecule has 1 heterocycles. The summed E-state index contributed by atoms with van der Waals surface area (Å²) in [6, 6.07) is 11.3. The fraction of sp³-hybridized carbons (Fsp3) is 0.250. The molecule has 1 aromatic carbocycles. The minimum atomic E-state index is -0.107. The standard InChI is InChI=1S/C16H18N2O2S/c1-12-5-7-13(8-6-12)20-11-10-18(2)16(19)14-4-3-9-17-15(14)21/h3-9H,10-11H2,1-2H3,(H,17,21). The number of aromatic amines is 1. The molecular weight excluding hydrogens is 284 g/mol. The minimum absolute atomic E-state index is 0.107. The van der Waals surface area contributed by atoms with Crippen LogP contribution < -0.4 is 4.74 Å². The Labute approximate surface area is 129 Å². The van der Waals surface area contributed by atoms with Gasteiger partial charge in [0.25, 0.3) is 5.91 Å². The van der Waals surface area contributed by atoms with Crippen LogP contribution in [0.4, 0.5) is 0 Å². The molecule has 4 nitrogen and oxygen atoms in total. The highest BCUT2D eigenvalue weighted by molar-refractivity contribution is 7.71. The van der Waals surface area contributed by atoms with E-state index in [0.717, 1.165) is 5.75 Å². The smallest absolute Gasteiger partial charge is 0.256 e. The molecule has 5 heteroatoms. The van der Waals surface area contributed by atoms with Gasteiger partial charge in [0, 0.05) is 13.2 Å². The first-order valence-corrected chi connectivity index (χ1v) is 7.11. The number of hydrogen-bond donors (Lipinski definition) is 1. The summed E-state index contributed by atoms with van der Waals surface area (Å²) < 4.78 is 6.07. The molecule has 21 heavy (non-hydrogen) atoms. The van der Waals surface area contributed by atoms with Crippen molar-refractivity contribution in [2.24, 2.45) is 0 Å². The van der Waals surface area contributed by atoms with Crippen LogP contribution in [0.5, 0.6) is 5.75 Å². The monoisotopic (exact) mass is 302 g/mol. The maximum atomic E-state index is 12.2. The SMILES string of the molecule is Cc1ccc(OCCN(C)C(=O)c2ccc[nH]c2=S)cc1. The van der Waals surface area contributed by atoms with Crippen molar-refractivity contribution in [3.8, 4) is 5.75 Å². The van der Waals surface area contributed by atoms with Crippen molar-refractivity contribution in [2.75, 3.05) is 20.2 Å². The zero-order valence-corrected chi connectivity index (χ0v) is 12.9. The van der Waals surface area contributed by atoms with Crippen molar-refractivity contribution in [2.45, 2.75) is 6.92 Å². The first-order valence-electron chi connectivity index (χ1n) is 6.70. The van der Waals surface area contributed by atoms with Crippen molar-refractivity contribution in [3.63, 3.8) is 0 Å². The molecule has 1 amide bonds. The van der Waals surface area contributed by atoms with Crippen LogP contribution in [-0.2, 0) is 0 Å². The molecule has 0 saturated carbocycles. The number of nitrogens with one attached hydrogen (secondary N) is 1. The number of carbonyl (C=O) groups is 1. The molecule has 0 aliphatic rings. The maximum absolute atomic E-state index is 12.2. The normalized spacial score (nSPS) is 10.2. The number of aromatic nitrogens is 1. The fourth-order valence-corrected chi connectivity index (χ4v) is 2.06. The molecule has 2 aromatic rings. The van der Waals surface area contributed by atoms with Gasteiger partial charge in [0.2, 0.25) is 0 Å². The number of nitrogens with zero attached hydrogens (tertiary/aromatic N) is 1. The van der Waals surface area contributed by atoms with Gasteiger partial charge >= 0.3 is 0 Å². The van der Waals surface area contributed by atoms with Gasteiger partial charge in [0.15, 0.2) is 0 Å². The van der Waals surface area contributed by atoms with Gasteiger partial charge in [-0.2, -0.15) is 0 Å². The molecule has 1 aromatic heterocycles. The fourth-order valence-electron chi connectivity index (χ4n) is 1.83. The molecule has 0 unspecified atom stereocenters. The van der Waals surface area contributed by atoms with Crippen molar-refractivity contribution in [1.29, 1.82) is 0 Å². The predicted octanol–water partition coefficient (Wildman–Crippen LogP) is 3.20. The van der Waals surface area contributed by atoms with Gasteiger partial charge in [-0.3, -0.25) is 4.79 Å². The first-order chi connectivity index (χ1) is 10.1. The van der Waals surface area contributed by atoms with Crippen LogP contribution in [0.2, 0.25) is 0 Å². The van der Waals surface area contributed by atoms with E-state index >= 15 is 0 Å². The lowest BCUT2D eigenvalue weighted by molar-refractivity contribution is 0.0773. The highest BCUT2D eigenvalue weighted by atomic mass is 32.1. The lowest BCUT2D eigenvalue weighted by atomic mass is 10.2. The molecule has 110 valence electrons. The van der Waals surface area contributed by atoms with Crippen LogP contribution >= 0.6 is 12.2 Å². The highest BCUT2D eigenvalue weighted by Crippen LogP contribution is 2.11. The Morgan fingerprint density at radius 1 is 1.29 bits per heavy atom. The second-order valence-corrected chi connectivity index (χ2v) is 5.21. The average Bonchev–Trinajstić information content (AvgIpc) is 2.49. The first kappa shape index (κ1) is 15.3. The van der Waals surface area contributed by atoms with E-state index < -0.39 is 0 Å². The van der Waals surface area contributed by atoms with Crippen molar-refractivity contribution in [3.05, 3.63) is 58.4 Å². The average molecular weight is 302 g/mol. The zero-order chi connectivity index (χ0) is 15.2. The van der Waals surface area contributed by atoms with Crippen LogP contribution in [0, 0.1) is 11.6 Å². The number of aryl methyl sites for hydroxylation is 1. The van der Waals surface area contributed by atoms with Gasteiger partial charge in [-0.15, -0.1) is 0 Å². The van der Waals surface area contributed by atoms with Crippen LogP contribution in [0.1, 0.15) is 15.9 Å². The number of amides is 1. The minimum Gasteiger partial charge on any atom is -0.492 e. The van der Waals surface area contributed by atoms with E-state index in [9.17, 15) is 4.79 Å². The highest BCUT2D eigenvalue weighted by Gasteiger charge is 2.12. The van der Waals surface area contributed by atoms with E-state index in [1.165, 1.54) is 5.56 Å². The lowest BCUT2D eigenvalue weighted by Gasteiger charge is -2.17. The van der Waals surface area contributed by atoms with E-state index in [1.54, 1.807) is 30.3 Å². The third kappa shape index (κ3) is 4.16. The Hall–Kier alpha value is -2.14. The summed E-state index contributed by atoms with van der Waals surface area (Å²) in [5, 5.41) is 0. The van der Waals surface area contributed by atoms with Gasteiger partial charge < -0.3 is 14.6 Å². The van der Waals surface area contributed by atoms with Gasteiger partial charge in [-0.25, -0.2) is 0 Å². The molecule has 0 aliphatic heterocycles. The Morgan fingerprint density at radius 2 is 2.00 bits per heavy atom. The topological polar surface area (TPSA) is 45.3 Å². The Morgan fingerprint density at radius 3 is 2.67 bits per heavy atom. The van der Waals surface area contributed by atoms with E-state index in [-0.39, 0.29) is 5.91 Å². The third-order valence-electron chi connectivity index (χ3n) is 3.11. The molecule has 0 atom stereocenters. The molecule has 0 aliphatic carbocycles. The van der Waals surface area contributed by atoms with Gasteiger partial charge in [-0.1, -0.05) is 29.9 Å². The lowest BCUT2D eigenvalue weighted by Crippen LogP contribution is -2.31. The number of likely N-dealkylation sites (N-methyl/N-ethyl adjacent to an activating group) is 1. The largest absolute Gasteiger partial charge is 0.492 e. The summed E-state index contributed by atoms with van der Waals surface area (Å²) in [4.78, 5) is 16.7. The second-order valence-electron chi connectivity index (χ2n) is 4.80. The van der Waals surface area contributed by atoms with E-state index in [4.69, 9.17) is 17.0 Å². The Balaban J connectivity index is 1.88. The Bertz CT molecular complexity index is 664. The molecule has 0 saturated heterocycles. The number of rotatable bonds is 5. The maximum Gasteiger partial charge on any atom is 0.256 e. The van der Waals surface area contributed by atoms with Crippen LogP contribution in [0.3, 0.4) is 0 Å². The predicted molar refractivity (Wildman–Crippen MR) is 85.3 cm³/mol. The second kappa shape index (κ2) is 7.04. The number of hydrogen-bond acceptors (Lipinski definition) is 3. The molecular formula is C16H18N2O2S. The van der Waals surface area contributed by atoms with Gasteiger partial charge in [0.1, 0.15) is 17.0 Å². The third-order valence-corrected chi connectivity index (χ3v) is 3.45. The van der Waals surface area contributed by atoms with Crippen molar-refractivity contribution < 1.29 is 9.53 Å².